The Morgan fingerprint density at radius 3 is 2.81 bits per heavy atom. The number of aromatic nitrogens is 1. The molecule has 0 radical (unpaired) electrons. The second-order valence-corrected chi connectivity index (χ2v) is 3.64. The van der Waals surface area contributed by atoms with Crippen molar-refractivity contribution < 1.29 is 0 Å². The summed E-state index contributed by atoms with van der Waals surface area (Å²) in [5.41, 5.74) is 0.935. The highest BCUT2D eigenvalue weighted by Gasteiger charge is 2.01. The molecule has 80 valence electrons. The van der Waals surface area contributed by atoms with Gasteiger partial charge in [0.25, 0.3) is 5.56 Å². The van der Waals surface area contributed by atoms with Gasteiger partial charge in [0.2, 0.25) is 0 Å². The summed E-state index contributed by atoms with van der Waals surface area (Å²) in [5, 5.41) is 9.54. The van der Waals surface area contributed by atoms with E-state index >= 15 is 0 Å². The molecule has 0 aliphatic carbocycles. The Morgan fingerprint density at radius 1 is 1.19 bits per heavy atom. The molecule has 0 aliphatic rings. The van der Waals surface area contributed by atoms with Crippen LogP contribution in [0, 0.1) is 11.3 Å². The zero-order chi connectivity index (χ0) is 11.4. The second-order valence-electron chi connectivity index (χ2n) is 3.64. The SMILES string of the molecule is N#CCCCn1c(=O)ccc2ccccc21. The molecule has 3 nitrogen and oxygen atoms in total. The average Bonchev–Trinajstić information content (AvgIpc) is 2.32. The summed E-state index contributed by atoms with van der Waals surface area (Å²) in [4.78, 5) is 11.7. The number of para-hydroxylation sites is 1. The molecule has 2 rings (SSSR count). The summed E-state index contributed by atoms with van der Waals surface area (Å²) in [6, 6.07) is 13.3. The van der Waals surface area contributed by atoms with Gasteiger partial charge in [-0.3, -0.25) is 4.79 Å². The van der Waals surface area contributed by atoms with Crippen LogP contribution in [0.3, 0.4) is 0 Å². The maximum Gasteiger partial charge on any atom is 0.251 e. The van der Waals surface area contributed by atoms with Gasteiger partial charge < -0.3 is 4.57 Å². The predicted octanol–water partition coefficient (Wildman–Crippen LogP) is 2.31. The highest BCUT2D eigenvalue weighted by atomic mass is 16.1. The molecule has 0 spiro atoms. The minimum absolute atomic E-state index is 0.00311. The van der Waals surface area contributed by atoms with E-state index in [4.69, 9.17) is 5.26 Å². The van der Waals surface area contributed by atoms with Crippen LogP contribution in [-0.2, 0) is 6.54 Å². The van der Waals surface area contributed by atoms with Crippen LogP contribution >= 0.6 is 0 Å². The Bertz CT molecular complexity index is 593. The molecular formula is C13H12N2O. The van der Waals surface area contributed by atoms with Crippen molar-refractivity contribution in [3.05, 3.63) is 46.8 Å². The van der Waals surface area contributed by atoms with E-state index in [0.717, 1.165) is 10.9 Å². The van der Waals surface area contributed by atoms with Gasteiger partial charge in [0.1, 0.15) is 0 Å². The van der Waals surface area contributed by atoms with E-state index in [1.165, 1.54) is 0 Å². The van der Waals surface area contributed by atoms with E-state index in [0.29, 0.717) is 19.4 Å². The lowest BCUT2D eigenvalue weighted by atomic mass is 10.2. The third kappa shape index (κ3) is 1.96. The molecule has 0 fully saturated rings. The number of hydrogen-bond acceptors (Lipinski definition) is 2. The van der Waals surface area contributed by atoms with Crippen molar-refractivity contribution in [2.75, 3.05) is 0 Å². The van der Waals surface area contributed by atoms with Crippen LogP contribution in [0.1, 0.15) is 12.8 Å². The van der Waals surface area contributed by atoms with Gasteiger partial charge >= 0.3 is 0 Å². The summed E-state index contributed by atoms with van der Waals surface area (Å²) in [6.07, 6.45) is 1.19. The van der Waals surface area contributed by atoms with Crippen molar-refractivity contribution in [3.8, 4) is 6.07 Å². The molecule has 2 aromatic rings. The molecule has 1 heterocycles. The molecule has 0 atom stereocenters. The molecular weight excluding hydrogens is 200 g/mol. The Morgan fingerprint density at radius 2 is 2.00 bits per heavy atom. The Labute approximate surface area is 93.6 Å². The van der Waals surface area contributed by atoms with Crippen molar-refractivity contribution in [1.82, 2.24) is 4.57 Å². The van der Waals surface area contributed by atoms with Crippen molar-refractivity contribution >= 4 is 10.9 Å². The molecule has 1 aromatic carbocycles. The van der Waals surface area contributed by atoms with E-state index in [1.54, 1.807) is 10.6 Å². The van der Waals surface area contributed by atoms with Gasteiger partial charge in [-0.2, -0.15) is 5.26 Å². The van der Waals surface area contributed by atoms with Crippen molar-refractivity contribution in [1.29, 1.82) is 5.26 Å². The number of hydrogen-bond donors (Lipinski definition) is 0. The number of nitriles is 1. The highest BCUT2D eigenvalue weighted by molar-refractivity contribution is 5.78. The Balaban J connectivity index is 2.46. The number of benzene rings is 1. The first-order valence-electron chi connectivity index (χ1n) is 5.28. The molecule has 0 saturated heterocycles. The predicted molar refractivity (Wildman–Crippen MR) is 63.1 cm³/mol. The number of rotatable bonds is 3. The van der Waals surface area contributed by atoms with E-state index in [1.807, 2.05) is 30.3 Å². The normalized spacial score (nSPS) is 10.2. The van der Waals surface area contributed by atoms with Gasteiger partial charge in [0.15, 0.2) is 0 Å². The minimum Gasteiger partial charge on any atom is -0.308 e. The monoisotopic (exact) mass is 212 g/mol. The second kappa shape index (κ2) is 4.63. The first-order chi connectivity index (χ1) is 7.83. The maximum atomic E-state index is 11.7. The maximum absolute atomic E-state index is 11.7. The average molecular weight is 212 g/mol. The zero-order valence-electron chi connectivity index (χ0n) is 8.89. The largest absolute Gasteiger partial charge is 0.308 e. The smallest absolute Gasteiger partial charge is 0.251 e. The Hall–Kier alpha value is -2.08. The van der Waals surface area contributed by atoms with Crippen LogP contribution in [0.25, 0.3) is 10.9 Å². The fourth-order valence-corrected chi connectivity index (χ4v) is 1.79. The van der Waals surface area contributed by atoms with Gasteiger partial charge in [0, 0.05) is 19.0 Å². The third-order valence-electron chi connectivity index (χ3n) is 2.57. The summed E-state index contributed by atoms with van der Waals surface area (Å²) < 4.78 is 1.73. The third-order valence-corrected chi connectivity index (χ3v) is 2.57. The molecule has 0 unspecified atom stereocenters. The molecule has 0 aliphatic heterocycles. The molecule has 1 aromatic heterocycles. The fourth-order valence-electron chi connectivity index (χ4n) is 1.79. The molecule has 3 heteroatoms. The quantitative estimate of drug-likeness (QED) is 0.733. The number of nitrogens with zero attached hydrogens (tertiary/aromatic N) is 2. The summed E-state index contributed by atoms with van der Waals surface area (Å²) in [5.74, 6) is 0. The van der Waals surface area contributed by atoms with Crippen molar-refractivity contribution in [3.63, 3.8) is 0 Å². The number of pyridine rings is 1. The lowest BCUT2D eigenvalue weighted by molar-refractivity contribution is 0.653. The van der Waals surface area contributed by atoms with Crippen molar-refractivity contribution in [2.24, 2.45) is 0 Å². The lowest BCUT2D eigenvalue weighted by Crippen LogP contribution is -2.19. The number of unbranched alkanes of at least 4 members (excludes halogenated alkanes) is 1. The Kier molecular flexibility index (Phi) is 3.02. The highest BCUT2D eigenvalue weighted by Crippen LogP contribution is 2.11. The van der Waals surface area contributed by atoms with E-state index in [2.05, 4.69) is 6.07 Å². The topological polar surface area (TPSA) is 45.8 Å². The van der Waals surface area contributed by atoms with Crippen LogP contribution in [0.15, 0.2) is 41.2 Å². The van der Waals surface area contributed by atoms with Gasteiger partial charge in [-0.15, -0.1) is 0 Å². The van der Waals surface area contributed by atoms with E-state index < -0.39 is 0 Å². The van der Waals surface area contributed by atoms with Gasteiger partial charge in [-0.25, -0.2) is 0 Å². The zero-order valence-corrected chi connectivity index (χ0v) is 8.89. The van der Waals surface area contributed by atoms with Crippen LogP contribution in [-0.4, -0.2) is 4.57 Å². The number of fused-ring (bicyclic) bond motifs is 1. The minimum atomic E-state index is -0.00311. The summed E-state index contributed by atoms with van der Waals surface area (Å²) in [7, 11) is 0. The number of aryl methyl sites for hydroxylation is 1. The summed E-state index contributed by atoms with van der Waals surface area (Å²) >= 11 is 0. The van der Waals surface area contributed by atoms with Gasteiger partial charge in [-0.1, -0.05) is 18.2 Å². The van der Waals surface area contributed by atoms with Crippen LogP contribution in [0.5, 0.6) is 0 Å². The van der Waals surface area contributed by atoms with Crippen molar-refractivity contribution in [2.45, 2.75) is 19.4 Å². The van der Waals surface area contributed by atoms with Crippen LogP contribution < -0.4 is 5.56 Å². The molecule has 0 bridgehead atoms. The van der Waals surface area contributed by atoms with Crippen LogP contribution in [0.4, 0.5) is 0 Å². The molecule has 0 saturated carbocycles. The summed E-state index contributed by atoms with van der Waals surface area (Å²) in [6.45, 7) is 0.605. The lowest BCUT2D eigenvalue weighted by Gasteiger charge is -2.08. The molecule has 0 N–H and O–H groups in total. The fraction of sp³-hybridized carbons (Fsp3) is 0.231. The van der Waals surface area contributed by atoms with Crippen LogP contribution in [0.2, 0.25) is 0 Å². The van der Waals surface area contributed by atoms with E-state index in [9.17, 15) is 4.79 Å². The van der Waals surface area contributed by atoms with Gasteiger partial charge in [-0.05, 0) is 23.9 Å². The first-order valence-corrected chi connectivity index (χ1v) is 5.28. The first kappa shape index (κ1) is 10.4. The van der Waals surface area contributed by atoms with E-state index in [-0.39, 0.29) is 5.56 Å². The van der Waals surface area contributed by atoms with Gasteiger partial charge in [0.05, 0.1) is 11.6 Å². The standard InChI is InChI=1S/C13H12N2O/c14-9-3-4-10-15-12-6-2-1-5-11(12)7-8-13(15)16/h1-2,5-8H,3-4,10H2. The molecule has 0 amide bonds. The molecule has 16 heavy (non-hydrogen) atoms.